The summed E-state index contributed by atoms with van der Waals surface area (Å²) in [6.07, 6.45) is 0.870. The van der Waals surface area contributed by atoms with Crippen LogP contribution in [0.3, 0.4) is 0 Å². The Hall–Kier alpha value is -1.12. The second kappa shape index (κ2) is 5.68. The van der Waals surface area contributed by atoms with E-state index in [1.165, 1.54) is 0 Å². The maximum atomic E-state index is 12.5. The van der Waals surface area contributed by atoms with Gasteiger partial charge in [0.05, 0.1) is 11.7 Å². The van der Waals surface area contributed by atoms with E-state index in [4.69, 9.17) is 4.74 Å². The Morgan fingerprint density at radius 1 is 1.50 bits per heavy atom. The highest BCUT2D eigenvalue weighted by atomic mass is 16.5. The zero-order valence-corrected chi connectivity index (χ0v) is 11.4. The zero-order valence-electron chi connectivity index (χ0n) is 11.4. The summed E-state index contributed by atoms with van der Waals surface area (Å²) < 4.78 is 5.22. The highest BCUT2D eigenvalue weighted by molar-refractivity contribution is 5.85. The summed E-state index contributed by atoms with van der Waals surface area (Å²) >= 11 is 0. The van der Waals surface area contributed by atoms with E-state index < -0.39 is 11.0 Å². The number of carbonyl (C=O) groups is 1. The molecule has 0 unspecified atom stereocenters. The fraction of sp³-hybridized carbons (Fsp3) is 0.846. The van der Waals surface area contributed by atoms with Crippen molar-refractivity contribution < 1.29 is 14.6 Å². The largest absolute Gasteiger partial charge is 0.389 e. The smallest absolute Gasteiger partial charge is 0.243 e. The molecule has 0 atom stereocenters. The van der Waals surface area contributed by atoms with Gasteiger partial charge in [-0.05, 0) is 33.6 Å². The lowest BCUT2D eigenvalue weighted by atomic mass is 9.80. The maximum Gasteiger partial charge on any atom is 0.243 e. The molecule has 0 radical (unpaired) electrons. The Bertz CT molecular complexity index is 335. The van der Waals surface area contributed by atoms with E-state index in [1.54, 1.807) is 18.7 Å². The van der Waals surface area contributed by atoms with E-state index in [0.717, 1.165) is 0 Å². The van der Waals surface area contributed by atoms with Gasteiger partial charge in [-0.2, -0.15) is 5.26 Å². The number of hydrogen-bond acceptors (Lipinski definition) is 4. The van der Waals surface area contributed by atoms with Crippen LogP contribution in [-0.2, 0) is 9.53 Å². The molecule has 1 fully saturated rings. The summed E-state index contributed by atoms with van der Waals surface area (Å²) in [7, 11) is 0. The molecule has 1 amide bonds. The molecule has 5 nitrogen and oxygen atoms in total. The molecule has 1 heterocycles. The summed E-state index contributed by atoms with van der Waals surface area (Å²) in [5.41, 5.74) is -1.92. The van der Waals surface area contributed by atoms with Crippen molar-refractivity contribution in [3.8, 4) is 6.07 Å². The van der Waals surface area contributed by atoms with Crippen molar-refractivity contribution in [3.63, 3.8) is 0 Å². The Labute approximate surface area is 108 Å². The molecule has 1 aliphatic rings. The second-order valence-corrected chi connectivity index (χ2v) is 5.44. The van der Waals surface area contributed by atoms with Crippen LogP contribution in [0.5, 0.6) is 0 Å². The van der Waals surface area contributed by atoms with Crippen LogP contribution in [0.15, 0.2) is 0 Å². The molecule has 0 aromatic rings. The predicted octanol–water partition coefficient (Wildman–Crippen LogP) is 0.926. The maximum absolute atomic E-state index is 12.5. The number of aliphatic hydroxyl groups is 1. The number of carbonyl (C=O) groups excluding carboxylic acids is 1. The van der Waals surface area contributed by atoms with Gasteiger partial charge in [-0.15, -0.1) is 0 Å². The summed E-state index contributed by atoms with van der Waals surface area (Å²) in [4.78, 5) is 14.1. The van der Waals surface area contributed by atoms with Gasteiger partial charge in [0.25, 0.3) is 0 Å². The van der Waals surface area contributed by atoms with Gasteiger partial charge < -0.3 is 14.7 Å². The van der Waals surface area contributed by atoms with Gasteiger partial charge in [0.2, 0.25) is 5.91 Å². The standard InChI is InChI=1S/C13H22N2O3/c1-4-15(10-12(2,3)17)11(16)13(9-14)5-7-18-8-6-13/h17H,4-8,10H2,1-3H3. The number of amides is 1. The minimum absolute atomic E-state index is 0.182. The van der Waals surface area contributed by atoms with Crippen LogP contribution in [0, 0.1) is 16.7 Å². The molecular formula is C13H22N2O3. The van der Waals surface area contributed by atoms with E-state index in [1.807, 2.05) is 6.92 Å². The van der Waals surface area contributed by atoms with Gasteiger partial charge in [0, 0.05) is 26.3 Å². The van der Waals surface area contributed by atoms with Crippen LogP contribution < -0.4 is 0 Å². The number of hydrogen-bond donors (Lipinski definition) is 1. The molecule has 0 saturated carbocycles. The van der Waals surface area contributed by atoms with Crippen LogP contribution in [0.25, 0.3) is 0 Å². The van der Waals surface area contributed by atoms with Crippen LogP contribution in [-0.4, -0.2) is 47.8 Å². The first kappa shape index (κ1) is 14.9. The Morgan fingerprint density at radius 3 is 2.44 bits per heavy atom. The Balaban J connectivity index is 2.85. The molecule has 102 valence electrons. The van der Waals surface area contributed by atoms with Gasteiger partial charge in [0.1, 0.15) is 5.41 Å². The zero-order chi connectivity index (χ0) is 13.8. The van der Waals surface area contributed by atoms with Gasteiger partial charge >= 0.3 is 0 Å². The van der Waals surface area contributed by atoms with Crippen molar-refractivity contribution in [2.45, 2.75) is 39.2 Å². The number of rotatable bonds is 4. The van der Waals surface area contributed by atoms with Crippen molar-refractivity contribution in [3.05, 3.63) is 0 Å². The lowest BCUT2D eigenvalue weighted by Crippen LogP contribution is -2.50. The van der Waals surface area contributed by atoms with Gasteiger partial charge in [-0.1, -0.05) is 0 Å². The van der Waals surface area contributed by atoms with Gasteiger partial charge in [-0.25, -0.2) is 0 Å². The predicted molar refractivity (Wildman–Crippen MR) is 66.7 cm³/mol. The van der Waals surface area contributed by atoms with Crippen LogP contribution in [0.1, 0.15) is 33.6 Å². The Kier molecular flexibility index (Phi) is 4.71. The first-order chi connectivity index (χ1) is 8.34. The summed E-state index contributed by atoms with van der Waals surface area (Å²) in [5.74, 6) is -0.182. The summed E-state index contributed by atoms with van der Waals surface area (Å²) in [6, 6.07) is 2.16. The van der Waals surface area contributed by atoms with E-state index in [0.29, 0.717) is 32.6 Å². The van der Waals surface area contributed by atoms with E-state index in [-0.39, 0.29) is 12.5 Å². The van der Waals surface area contributed by atoms with E-state index in [9.17, 15) is 15.2 Å². The van der Waals surface area contributed by atoms with Crippen molar-refractivity contribution in [1.29, 1.82) is 5.26 Å². The molecule has 18 heavy (non-hydrogen) atoms. The molecule has 5 heteroatoms. The molecule has 0 spiro atoms. The molecule has 0 aromatic heterocycles. The van der Waals surface area contributed by atoms with Crippen LogP contribution >= 0.6 is 0 Å². The third-order valence-electron chi connectivity index (χ3n) is 3.22. The molecule has 1 aliphatic heterocycles. The number of nitriles is 1. The average Bonchev–Trinajstić information content (AvgIpc) is 2.35. The lowest BCUT2D eigenvalue weighted by molar-refractivity contribution is -0.146. The average molecular weight is 254 g/mol. The molecule has 1 saturated heterocycles. The number of nitrogens with zero attached hydrogens (tertiary/aromatic N) is 2. The molecule has 0 aliphatic carbocycles. The first-order valence-corrected chi connectivity index (χ1v) is 6.35. The monoisotopic (exact) mass is 254 g/mol. The van der Waals surface area contributed by atoms with E-state index in [2.05, 4.69) is 6.07 Å². The van der Waals surface area contributed by atoms with Crippen LogP contribution in [0.4, 0.5) is 0 Å². The molecule has 0 bridgehead atoms. The number of ether oxygens (including phenoxy) is 1. The molecule has 1 rings (SSSR count). The van der Waals surface area contributed by atoms with Crippen molar-refractivity contribution in [1.82, 2.24) is 4.90 Å². The highest BCUT2D eigenvalue weighted by Crippen LogP contribution is 2.32. The molecular weight excluding hydrogens is 232 g/mol. The topological polar surface area (TPSA) is 73.6 Å². The quantitative estimate of drug-likeness (QED) is 0.810. The summed E-state index contributed by atoms with van der Waals surface area (Å²) in [5, 5.41) is 19.2. The van der Waals surface area contributed by atoms with E-state index >= 15 is 0 Å². The third-order valence-corrected chi connectivity index (χ3v) is 3.22. The van der Waals surface area contributed by atoms with Crippen molar-refractivity contribution in [2.75, 3.05) is 26.3 Å². The Morgan fingerprint density at radius 2 is 2.06 bits per heavy atom. The minimum Gasteiger partial charge on any atom is -0.389 e. The van der Waals surface area contributed by atoms with Crippen molar-refractivity contribution in [2.24, 2.45) is 5.41 Å². The fourth-order valence-corrected chi connectivity index (χ4v) is 2.19. The SMILES string of the molecule is CCN(CC(C)(C)O)C(=O)C1(C#N)CCOCC1. The molecule has 1 N–H and O–H groups in total. The second-order valence-electron chi connectivity index (χ2n) is 5.44. The minimum atomic E-state index is -0.973. The fourth-order valence-electron chi connectivity index (χ4n) is 2.19. The van der Waals surface area contributed by atoms with Gasteiger partial charge in [-0.3, -0.25) is 4.79 Å². The van der Waals surface area contributed by atoms with Crippen LogP contribution in [0.2, 0.25) is 0 Å². The normalized spacial score (nSPS) is 19.1. The molecule has 0 aromatic carbocycles. The van der Waals surface area contributed by atoms with Crippen molar-refractivity contribution >= 4 is 5.91 Å². The highest BCUT2D eigenvalue weighted by Gasteiger charge is 2.43. The number of likely N-dealkylation sites (N-methyl/N-ethyl adjacent to an activating group) is 1. The summed E-state index contributed by atoms with van der Waals surface area (Å²) in [6.45, 7) is 6.80. The lowest BCUT2D eigenvalue weighted by Gasteiger charge is -2.36. The first-order valence-electron chi connectivity index (χ1n) is 6.35. The van der Waals surface area contributed by atoms with Gasteiger partial charge in [0.15, 0.2) is 0 Å². The third kappa shape index (κ3) is 3.44.